The van der Waals surface area contributed by atoms with Gasteiger partial charge in [0.05, 0.1) is 25.3 Å². The van der Waals surface area contributed by atoms with Crippen LogP contribution in [0.2, 0.25) is 0 Å². The molecule has 0 saturated carbocycles. The molecule has 1 aromatic heterocycles. The molecule has 0 aliphatic heterocycles. The van der Waals surface area contributed by atoms with Gasteiger partial charge in [-0.15, -0.1) is 0 Å². The van der Waals surface area contributed by atoms with Crippen molar-refractivity contribution in [1.82, 2.24) is 4.98 Å². The average molecular weight is 146 g/mol. The van der Waals surface area contributed by atoms with Gasteiger partial charge in [0.25, 0.3) is 0 Å². The van der Waals surface area contributed by atoms with Crippen LogP contribution in [0.15, 0.2) is 18.4 Å². The second kappa shape index (κ2) is 3.06. The van der Waals surface area contributed by atoms with Crippen LogP contribution in [0, 0.1) is 0 Å². The standard InChI is InChI=1S/C7H10N2O/c1-2-10-7-3-4-9-5-6(7)8/h3-5H,2,8H2,1H3/i1D3,2D2,3D,4D,5D. The van der Waals surface area contributed by atoms with Crippen LogP contribution >= 0.6 is 0 Å². The van der Waals surface area contributed by atoms with Crippen LogP contribution < -0.4 is 10.5 Å². The van der Waals surface area contributed by atoms with E-state index in [1.165, 1.54) is 0 Å². The van der Waals surface area contributed by atoms with Crippen LogP contribution in [0.3, 0.4) is 0 Å². The molecule has 10 heavy (non-hydrogen) atoms. The van der Waals surface area contributed by atoms with Crippen molar-refractivity contribution in [3.8, 4) is 5.75 Å². The van der Waals surface area contributed by atoms with Crippen molar-refractivity contribution in [2.24, 2.45) is 0 Å². The molecule has 0 fully saturated rings. The van der Waals surface area contributed by atoms with E-state index in [4.69, 9.17) is 16.7 Å². The first-order valence-electron chi connectivity index (χ1n) is 6.39. The SMILES string of the molecule is [2H]c1nc([2H])c(N)c(OC([2H])([2H])C([2H])([2H])[2H])c1[2H]. The number of aromatic nitrogens is 1. The summed E-state index contributed by atoms with van der Waals surface area (Å²) < 4.78 is 61.9. The maximum atomic E-state index is 7.43. The second-order valence-corrected chi connectivity index (χ2v) is 1.41. The van der Waals surface area contributed by atoms with Gasteiger partial charge in [-0.05, 0) is 6.85 Å². The monoisotopic (exact) mass is 146 g/mol. The number of ether oxygens (including phenoxy) is 1. The molecule has 3 heteroatoms. The molecular formula is C7H10N2O. The number of nitrogens with two attached hydrogens (primary N) is 1. The minimum atomic E-state index is -3.10. The zero-order valence-corrected chi connectivity index (χ0v) is 4.93. The van der Waals surface area contributed by atoms with Crippen LogP contribution in [0.4, 0.5) is 5.69 Å². The van der Waals surface area contributed by atoms with Crippen molar-refractivity contribution in [3.63, 3.8) is 0 Å². The molecule has 0 aliphatic rings. The van der Waals surface area contributed by atoms with E-state index in [-0.39, 0.29) is 0 Å². The Morgan fingerprint density at radius 3 is 3.80 bits per heavy atom. The first-order valence-corrected chi connectivity index (χ1v) is 2.39. The molecule has 0 spiro atoms. The van der Waals surface area contributed by atoms with Gasteiger partial charge in [0.1, 0.15) is 5.75 Å². The molecule has 0 amide bonds. The predicted octanol–water partition coefficient (Wildman–Crippen LogP) is 1.06. The van der Waals surface area contributed by atoms with Crippen molar-refractivity contribution < 1.29 is 15.7 Å². The Morgan fingerprint density at radius 2 is 3.00 bits per heavy atom. The average Bonchev–Trinajstić information content (AvgIpc) is 2.20. The number of pyridine rings is 1. The first-order chi connectivity index (χ1) is 7.97. The third kappa shape index (κ3) is 1.37. The van der Waals surface area contributed by atoms with E-state index in [1.54, 1.807) is 0 Å². The summed E-state index contributed by atoms with van der Waals surface area (Å²) in [4.78, 5) is 3.30. The summed E-state index contributed by atoms with van der Waals surface area (Å²) in [5, 5.41) is 0. The topological polar surface area (TPSA) is 48.1 Å². The largest absolute Gasteiger partial charge is 0.492 e. The maximum absolute atomic E-state index is 7.43. The van der Waals surface area contributed by atoms with Crippen molar-refractivity contribution in [3.05, 3.63) is 18.4 Å². The molecule has 0 atom stereocenters. The summed E-state index contributed by atoms with van der Waals surface area (Å²) in [6.45, 7) is -6.18. The number of nitrogen functional groups attached to an aromatic ring is 1. The van der Waals surface area contributed by atoms with Crippen LogP contribution in [0.25, 0.3) is 0 Å². The van der Waals surface area contributed by atoms with E-state index in [2.05, 4.69) is 9.72 Å². The highest BCUT2D eigenvalue weighted by molar-refractivity contribution is 5.49. The van der Waals surface area contributed by atoms with Crippen molar-refractivity contribution in [2.75, 3.05) is 12.3 Å². The zero-order chi connectivity index (χ0) is 14.3. The smallest absolute Gasteiger partial charge is 0.145 e. The summed E-state index contributed by atoms with van der Waals surface area (Å²) in [5.74, 6) is -0.666. The van der Waals surface area contributed by atoms with E-state index in [9.17, 15) is 0 Å². The van der Waals surface area contributed by atoms with Gasteiger partial charge in [-0.3, -0.25) is 4.98 Å². The Bertz CT molecular complexity index is 445. The molecule has 1 heterocycles. The van der Waals surface area contributed by atoms with Crippen molar-refractivity contribution in [2.45, 2.75) is 6.85 Å². The summed E-state index contributed by atoms with van der Waals surface area (Å²) in [6, 6.07) is -0.670. The van der Waals surface area contributed by atoms with Gasteiger partial charge < -0.3 is 10.5 Å². The van der Waals surface area contributed by atoms with Gasteiger partial charge >= 0.3 is 0 Å². The highest BCUT2D eigenvalue weighted by Crippen LogP contribution is 2.17. The molecule has 54 valence electrons. The molecule has 0 saturated heterocycles. The lowest BCUT2D eigenvalue weighted by Gasteiger charge is -2.03. The Kier molecular flexibility index (Phi) is 0.572. The Morgan fingerprint density at radius 1 is 2.10 bits per heavy atom. The third-order valence-corrected chi connectivity index (χ3v) is 0.799. The minimum Gasteiger partial charge on any atom is -0.492 e. The quantitative estimate of drug-likeness (QED) is 0.678. The van der Waals surface area contributed by atoms with E-state index in [0.29, 0.717) is 0 Å². The van der Waals surface area contributed by atoms with Gasteiger partial charge in [-0.2, -0.15) is 0 Å². The molecule has 0 bridgehead atoms. The first kappa shape index (κ1) is 1.87. The highest BCUT2D eigenvalue weighted by atomic mass is 16.5. The fourth-order valence-corrected chi connectivity index (χ4v) is 0.417. The number of hydrogen-bond acceptors (Lipinski definition) is 3. The molecule has 2 N–H and O–H groups in total. The third-order valence-electron chi connectivity index (χ3n) is 0.799. The number of rotatable bonds is 2. The lowest BCUT2D eigenvalue weighted by molar-refractivity contribution is 0.342. The molecular weight excluding hydrogens is 128 g/mol. The van der Waals surface area contributed by atoms with E-state index < -0.39 is 43.2 Å². The van der Waals surface area contributed by atoms with Gasteiger partial charge in [-0.1, -0.05) is 0 Å². The van der Waals surface area contributed by atoms with Gasteiger partial charge in [0, 0.05) is 16.3 Å². The summed E-state index contributed by atoms with van der Waals surface area (Å²) in [6.07, 6.45) is -1.22. The van der Waals surface area contributed by atoms with Gasteiger partial charge in [0.15, 0.2) is 0 Å². The second-order valence-electron chi connectivity index (χ2n) is 1.41. The van der Waals surface area contributed by atoms with Crippen LogP contribution in [-0.2, 0) is 0 Å². The lowest BCUT2D eigenvalue weighted by atomic mass is 10.4. The Labute approximate surface area is 71.1 Å². The maximum Gasteiger partial charge on any atom is 0.145 e. The molecule has 1 rings (SSSR count). The molecule has 0 unspecified atom stereocenters. The molecule has 0 aliphatic carbocycles. The number of anilines is 1. The number of hydrogen-bond donors (Lipinski definition) is 1. The molecule has 1 aromatic rings. The van der Waals surface area contributed by atoms with Crippen LogP contribution in [0.5, 0.6) is 5.75 Å². The lowest BCUT2D eigenvalue weighted by Crippen LogP contribution is -1.96. The van der Waals surface area contributed by atoms with Crippen LogP contribution in [-0.4, -0.2) is 11.5 Å². The predicted molar refractivity (Wildman–Crippen MR) is 39.8 cm³/mol. The van der Waals surface area contributed by atoms with Gasteiger partial charge in [-0.25, -0.2) is 0 Å². The minimum absolute atomic E-state index is 0.482. The Hall–Kier alpha value is -1.25. The van der Waals surface area contributed by atoms with E-state index in [0.717, 1.165) is 0 Å². The summed E-state index contributed by atoms with van der Waals surface area (Å²) >= 11 is 0. The van der Waals surface area contributed by atoms with E-state index in [1.807, 2.05) is 0 Å². The molecule has 0 radical (unpaired) electrons. The Balaban J connectivity index is 3.28. The molecule has 0 aromatic carbocycles. The van der Waals surface area contributed by atoms with E-state index >= 15 is 0 Å². The summed E-state index contributed by atoms with van der Waals surface area (Å²) in [7, 11) is 0. The molecule has 3 nitrogen and oxygen atoms in total. The zero-order valence-electron chi connectivity index (χ0n) is 12.9. The number of nitrogens with zero attached hydrogens (tertiary/aromatic N) is 1. The van der Waals surface area contributed by atoms with Crippen LogP contribution in [0.1, 0.15) is 17.8 Å². The fourth-order valence-electron chi connectivity index (χ4n) is 0.417. The fraction of sp³-hybridized carbons (Fsp3) is 0.286. The summed E-state index contributed by atoms with van der Waals surface area (Å²) in [5.41, 5.74) is 4.89. The highest BCUT2D eigenvalue weighted by Gasteiger charge is 1.94. The van der Waals surface area contributed by atoms with Gasteiger partial charge in [0.2, 0.25) is 0 Å². The normalized spacial score (nSPS) is 23.6. The van der Waals surface area contributed by atoms with Crippen molar-refractivity contribution >= 4 is 5.69 Å². The van der Waals surface area contributed by atoms with Crippen molar-refractivity contribution in [1.29, 1.82) is 0 Å².